The zero-order chi connectivity index (χ0) is 10.6. The van der Waals surface area contributed by atoms with Gasteiger partial charge < -0.3 is 5.32 Å². The van der Waals surface area contributed by atoms with E-state index in [4.69, 9.17) is 6.42 Å². The van der Waals surface area contributed by atoms with Gasteiger partial charge in [0.15, 0.2) is 0 Å². The van der Waals surface area contributed by atoms with Crippen LogP contribution in [0.25, 0.3) is 0 Å². The molecule has 0 saturated heterocycles. The maximum absolute atomic E-state index is 11.6. The summed E-state index contributed by atoms with van der Waals surface area (Å²) in [5, 5.41) is 2.75. The molecule has 1 N–H and O–H groups in total. The molecule has 1 aromatic carbocycles. The lowest BCUT2D eigenvalue weighted by molar-refractivity contribution is 0.0930. The number of rotatable bonds is 2. The Morgan fingerprint density at radius 1 is 1.36 bits per heavy atom. The lowest BCUT2D eigenvalue weighted by Gasteiger charge is -2.19. The van der Waals surface area contributed by atoms with Gasteiger partial charge in [-0.2, -0.15) is 0 Å². The molecule has 0 atom stereocenters. The van der Waals surface area contributed by atoms with Gasteiger partial charge in [0.05, 0.1) is 5.54 Å². The molecule has 1 amide bonds. The van der Waals surface area contributed by atoms with E-state index < -0.39 is 5.54 Å². The van der Waals surface area contributed by atoms with Gasteiger partial charge >= 0.3 is 0 Å². The third-order valence-electron chi connectivity index (χ3n) is 1.82. The molecule has 0 aliphatic rings. The molecule has 72 valence electrons. The Morgan fingerprint density at radius 3 is 2.43 bits per heavy atom. The smallest absolute Gasteiger partial charge is 0.252 e. The predicted molar refractivity (Wildman–Crippen MR) is 56.8 cm³/mol. The quantitative estimate of drug-likeness (QED) is 0.703. The summed E-state index contributed by atoms with van der Waals surface area (Å²) < 4.78 is 0. The van der Waals surface area contributed by atoms with E-state index in [-0.39, 0.29) is 5.91 Å². The second-order valence-corrected chi connectivity index (χ2v) is 3.59. The molecule has 0 fully saturated rings. The first-order valence-electron chi connectivity index (χ1n) is 4.40. The summed E-state index contributed by atoms with van der Waals surface area (Å²) in [5.41, 5.74) is 0.0169. The zero-order valence-electron chi connectivity index (χ0n) is 8.37. The first kappa shape index (κ1) is 10.3. The molecule has 0 bridgehead atoms. The molecular formula is C12H13NO. The van der Waals surface area contributed by atoms with Crippen molar-refractivity contribution in [2.75, 3.05) is 0 Å². The van der Waals surface area contributed by atoms with Crippen LogP contribution >= 0.6 is 0 Å². The van der Waals surface area contributed by atoms with Crippen LogP contribution in [0.1, 0.15) is 24.2 Å². The SMILES string of the molecule is C#CC(C)(C)NC(=O)c1ccccc1. The van der Waals surface area contributed by atoms with Crippen LogP contribution in [0.2, 0.25) is 0 Å². The molecule has 14 heavy (non-hydrogen) atoms. The molecule has 0 aliphatic carbocycles. The van der Waals surface area contributed by atoms with Crippen molar-refractivity contribution in [2.24, 2.45) is 0 Å². The van der Waals surface area contributed by atoms with E-state index in [0.717, 1.165) is 0 Å². The van der Waals surface area contributed by atoms with Crippen LogP contribution in [-0.4, -0.2) is 11.4 Å². The van der Waals surface area contributed by atoms with Crippen molar-refractivity contribution in [3.8, 4) is 12.3 Å². The number of nitrogens with one attached hydrogen (secondary N) is 1. The number of hydrogen-bond donors (Lipinski definition) is 1. The van der Waals surface area contributed by atoms with Crippen molar-refractivity contribution in [2.45, 2.75) is 19.4 Å². The van der Waals surface area contributed by atoms with Crippen LogP contribution in [0.15, 0.2) is 30.3 Å². The Bertz CT molecular complexity index is 360. The van der Waals surface area contributed by atoms with E-state index in [1.165, 1.54) is 0 Å². The van der Waals surface area contributed by atoms with Gasteiger partial charge in [-0.25, -0.2) is 0 Å². The number of carbonyl (C=O) groups excluding carboxylic acids is 1. The number of benzene rings is 1. The van der Waals surface area contributed by atoms with Crippen LogP contribution < -0.4 is 5.32 Å². The van der Waals surface area contributed by atoms with Crippen LogP contribution in [-0.2, 0) is 0 Å². The van der Waals surface area contributed by atoms with Gasteiger partial charge in [0.25, 0.3) is 5.91 Å². The van der Waals surface area contributed by atoms with Crippen molar-refractivity contribution >= 4 is 5.91 Å². The van der Waals surface area contributed by atoms with Gasteiger partial charge in [-0.1, -0.05) is 24.1 Å². The van der Waals surface area contributed by atoms with Crippen molar-refractivity contribution in [1.29, 1.82) is 0 Å². The summed E-state index contributed by atoms with van der Waals surface area (Å²) in [6.45, 7) is 3.57. The number of carbonyl (C=O) groups is 1. The van der Waals surface area contributed by atoms with E-state index in [1.54, 1.807) is 26.0 Å². The minimum atomic E-state index is -0.604. The summed E-state index contributed by atoms with van der Waals surface area (Å²) in [6, 6.07) is 9.00. The van der Waals surface area contributed by atoms with E-state index in [1.807, 2.05) is 18.2 Å². The normalized spacial score (nSPS) is 10.4. The summed E-state index contributed by atoms with van der Waals surface area (Å²) in [4.78, 5) is 11.6. The van der Waals surface area contributed by atoms with Gasteiger partial charge in [0, 0.05) is 5.56 Å². The van der Waals surface area contributed by atoms with Crippen LogP contribution in [0.4, 0.5) is 0 Å². The van der Waals surface area contributed by atoms with Gasteiger partial charge in [-0.05, 0) is 26.0 Å². The first-order chi connectivity index (χ1) is 6.55. The summed E-state index contributed by atoms with van der Waals surface area (Å²) in [5.74, 6) is 2.37. The van der Waals surface area contributed by atoms with Crippen molar-refractivity contribution in [1.82, 2.24) is 5.32 Å². The summed E-state index contributed by atoms with van der Waals surface area (Å²) in [6.07, 6.45) is 5.27. The third-order valence-corrected chi connectivity index (χ3v) is 1.82. The predicted octanol–water partition coefficient (Wildman–Crippen LogP) is 1.83. The molecule has 0 spiro atoms. The molecule has 1 rings (SSSR count). The molecule has 0 aliphatic heterocycles. The minimum absolute atomic E-state index is 0.145. The van der Waals surface area contributed by atoms with Crippen LogP contribution in [0.5, 0.6) is 0 Å². The van der Waals surface area contributed by atoms with Crippen molar-refractivity contribution in [3.63, 3.8) is 0 Å². The highest BCUT2D eigenvalue weighted by Gasteiger charge is 2.17. The Kier molecular flexibility index (Phi) is 2.93. The number of amides is 1. The largest absolute Gasteiger partial charge is 0.336 e. The lowest BCUT2D eigenvalue weighted by Crippen LogP contribution is -2.42. The topological polar surface area (TPSA) is 29.1 Å². The lowest BCUT2D eigenvalue weighted by atomic mass is 10.1. The highest BCUT2D eigenvalue weighted by molar-refractivity contribution is 5.94. The molecule has 2 heteroatoms. The zero-order valence-corrected chi connectivity index (χ0v) is 8.37. The van der Waals surface area contributed by atoms with E-state index in [2.05, 4.69) is 11.2 Å². The minimum Gasteiger partial charge on any atom is -0.336 e. The van der Waals surface area contributed by atoms with Crippen molar-refractivity contribution in [3.05, 3.63) is 35.9 Å². The third kappa shape index (κ3) is 2.63. The average Bonchev–Trinajstić information content (AvgIpc) is 2.19. The molecule has 0 aromatic heterocycles. The Balaban J connectivity index is 2.75. The average molecular weight is 187 g/mol. The van der Waals surface area contributed by atoms with Gasteiger partial charge in [0.1, 0.15) is 0 Å². The fourth-order valence-electron chi connectivity index (χ4n) is 0.982. The molecule has 2 nitrogen and oxygen atoms in total. The summed E-state index contributed by atoms with van der Waals surface area (Å²) in [7, 11) is 0. The molecular weight excluding hydrogens is 174 g/mol. The molecule has 0 radical (unpaired) electrons. The molecule has 1 aromatic rings. The number of terminal acetylenes is 1. The van der Waals surface area contributed by atoms with Crippen molar-refractivity contribution < 1.29 is 4.79 Å². The molecule has 0 unspecified atom stereocenters. The fraction of sp³-hybridized carbons (Fsp3) is 0.250. The maximum Gasteiger partial charge on any atom is 0.252 e. The van der Waals surface area contributed by atoms with Crippen LogP contribution in [0, 0.1) is 12.3 Å². The van der Waals surface area contributed by atoms with E-state index >= 15 is 0 Å². The maximum atomic E-state index is 11.6. The van der Waals surface area contributed by atoms with Gasteiger partial charge in [0.2, 0.25) is 0 Å². The fourth-order valence-corrected chi connectivity index (χ4v) is 0.982. The second kappa shape index (κ2) is 3.97. The highest BCUT2D eigenvalue weighted by atomic mass is 16.1. The second-order valence-electron chi connectivity index (χ2n) is 3.59. The van der Waals surface area contributed by atoms with Gasteiger partial charge in [-0.3, -0.25) is 4.79 Å². The first-order valence-corrected chi connectivity index (χ1v) is 4.40. The van der Waals surface area contributed by atoms with E-state index in [0.29, 0.717) is 5.56 Å². The Hall–Kier alpha value is -1.75. The number of hydrogen-bond acceptors (Lipinski definition) is 1. The summed E-state index contributed by atoms with van der Waals surface area (Å²) >= 11 is 0. The van der Waals surface area contributed by atoms with Crippen LogP contribution in [0.3, 0.4) is 0 Å². The molecule has 0 saturated carbocycles. The molecule has 0 heterocycles. The standard InChI is InChI=1S/C12H13NO/c1-4-12(2,3)13-11(14)10-8-6-5-7-9-10/h1,5-9H,2-3H3,(H,13,14). The van der Waals surface area contributed by atoms with Gasteiger partial charge in [-0.15, -0.1) is 6.42 Å². The monoisotopic (exact) mass is 187 g/mol. The highest BCUT2D eigenvalue weighted by Crippen LogP contribution is 2.03. The Labute approximate surface area is 84.3 Å². The Morgan fingerprint density at radius 2 is 1.93 bits per heavy atom. The van der Waals surface area contributed by atoms with E-state index in [9.17, 15) is 4.79 Å².